The molecule has 1 fully saturated rings. The Kier molecular flexibility index (Phi) is 6.11. The van der Waals surface area contributed by atoms with Crippen molar-refractivity contribution < 1.29 is 14.3 Å². The van der Waals surface area contributed by atoms with Gasteiger partial charge in [-0.3, -0.25) is 9.59 Å². The van der Waals surface area contributed by atoms with Gasteiger partial charge in [0.05, 0.1) is 19.9 Å². The van der Waals surface area contributed by atoms with Gasteiger partial charge in [0, 0.05) is 32.0 Å². The second kappa shape index (κ2) is 8.70. The van der Waals surface area contributed by atoms with E-state index in [1.807, 2.05) is 23.1 Å². The second-order valence-electron chi connectivity index (χ2n) is 6.80. The van der Waals surface area contributed by atoms with E-state index in [0.717, 1.165) is 43.1 Å². The molecule has 3 rings (SSSR count). The average molecular weight is 371 g/mol. The molecule has 7 heteroatoms. The Balaban J connectivity index is 1.51. The highest BCUT2D eigenvalue weighted by Gasteiger charge is 2.26. The maximum Gasteiger partial charge on any atom is 0.264 e. The van der Waals surface area contributed by atoms with Crippen molar-refractivity contribution in [1.82, 2.24) is 15.1 Å². The Morgan fingerprint density at radius 1 is 1.22 bits per heavy atom. The molecule has 7 nitrogen and oxygen atoms in total. The number of amides is 1. The zero-order valence-corrected chi connectivity index (χ0v) is 15.7. The molecule has 0 spiro atoms. The molecule has 1 aliphatic rings. The van der Waals surface area contributed by atoms with Crippen LogP contribution in [0.3, 0.4) is 0 Å². The fraction of sp³-hybridized carbons (Fsp3) is 0.450. The van der Waals surface area contributed by atoms with Crippen LogP contribution in [0.1, 0.15) is 24.1 Å². The molecule has 27 heavy (non-hydrogen) atoms. The Morgan fingerprint density at radius 3 is 2.74 bits per heavy atom. The van der Waals surface area contributed by atoms with Crippen LogP contribution in [0.15, 0.2) is 35.1 Å². The average Bonchev–Trinajstić information content (AvgIpc) is 3.15. The molecule has 1 N–H and O–H groups in total. The van der Waals surface area contributed by atoms with E-state index in [9.17, 15) is 9.59 Å². The normalized spacial score (nSPS) is 16.4. The van der Waals surface area contributed by atoms with Crippen LogP contribution in [0.25, 0.3) is 0 Å². The highest BCUT2D eigenvalue weighted by atomic mass is 16.5. The standard InChI is InChI=1S/C20H25N3O4/c1-26-17-6-3-14(12-18(17)27-2)11-15-9-10-23(13-15)20(25)8-5-16-4-7-19(24)22-21-16/h3-4,6-7,12,15H,5,8-11,13H2,1-2H3,(H,22,24). The minimum atomic E-state index is -0.234. The quantitative estimate of drug-likeness (QED) is 0.802. The zero-order chi connectivity index (χ0) is 19.2. The number of likely N-dealkylation sites (tertiary alicyclic amines) is 1. The van der Waals surface area contributed by atoms with Crippen molar-refractivity contribution in [3.63, 3.8) is 0 Å². The topological polar surface area (TPSA) is 84.5 Å². The molecule has 0 saturated carbocycles. The van der Waals surface area contributed by atoms with E-state index in [1.165, 1.54) is 11.6 Å². The van der Waals surface area contributed by atoms with Crippen molar-refractivity contribution in [2.24, 2.45) is 5.92 Å². The van der Waals surface area contributed by atoms with Gasteiger partial charge in [0.15, 0.2) is 11.5 Å². The third-order valence-electron chi connectivity index (χ3n) is 4.94. The number of benzene rings is 1. The SMILES string of the molecule is COc1ccc(CC2CCN(C(=O)CCc3ccc(=O)[nH]n3)C2)cc1OC. The Hall–Kier alpha value is -2.83. The van der Waals surface area contributed by atoms with E-state index < -0.39 is 0 Å². The Morgan fingerprint density at radius 2 is 2.04 bits per heavy atom. The minimum Gasteiger partial charge on any atom is -0.493 e. The maximum absolute atomic E-state index is 12.5. The third-order valence-corrected chi connectivity index (χ3v) is 4.94. The van der Waals surface area contributed by atoms with Crippen LogP contribution in [-0.4, -0.2) is 48.3 Å². The Bertz CT molecular complexity index is 829. The van der Waals surface area contributed by atoms with Crippen LogP contribution >= 0.6 is 0 Å². The maximum atomic E-state index is 12.5. The predicted octanol–water partition coefficient (Wildman–Crippen LogP) is 1.81. The third kappa shape index (κ3) is 4.87. The van der Waals surface area contributed by atoms with Crippen LogP contribution < -0.4 is 15.0 Å². The minimum absolute atomic E-state index is 0.137. The number of ether oxygens (including phenoxy) is 2. The van der Waals surface area contributed by atoms with Crippen LogP contribution in [0.4, 0.5) is 0 Å². The molecule has 0 aliphatic carbocycles. The van der Waals surface area contributed by atoms with Crippen LogP contribution in [0, 0.1) is 5.92 Å². The van der Waals surface area contributed by atoms with E-state index in [1.54, 1.807) is 20.3 Å². The summed E-state index contributed by atoms with van der Waals surface area (Å²) >= 11 is 0. The second-order valence-corrected chi connectivity index (χ2v) is 6.80. The lowest BCUT2D eigenvalue weighted by Crippen LogP contribution is -2.29. The van der Waals surface area contributed by atoms with Gasteiger partial charge in [-0.25, -0.2) is 5.10 Å². The molecule has 1 unspecified atom stereocenters. The molecule has 1 amide bonds. The summed E-state index contributed by atoms with van der Waals surface area (Å²) in [4.78, 5) is 25.4. The number of nitrogens with one attached hydrogen (secondary N) is 1. The van der Waals surface area contributed by atoms with Gasteiger partial charge in [0.1, 0.15) is 0 Å². The lowest BCUT2D eigenvalue weighted by Gasteiger charge is -2.17. The van der Waals surface area contributed by atoms with Crippen molar-refractivity contribution in [3.05, 3.63) is 51.9 Å². The molecule has 1 atom stereocenters. The number of aromatic amines is 1. The molecular formula is C20H25N3O4. The number of methoxy groups -OCH3 is 2. The van der Waals surface area contributed by atoms with Crippen LogP contribution in [-0.2, 0) is 17.6 Å². The number of carbonyl (C=O) groups is 1. The van der Waals surface area contributed by atoms with Crippen molar-refractivity contribution in [3.8, 4) is 11.5 Å². The van der Waals surface area contributed by atoms with E-state index in [2.05, 4.69) is 10.2 Å². The van der Waals surface area contributed by atoms with Gasteiger partial charge in [0.2, 0.25) is 5.91 Å². The van der Waals surface area contributed by atoms with E-state index >= 15 is 0 Å². The molecular weight excluding hydrogens is 346 g/mol. The summed E-state index contributed by atoms with van der Waals surface area (Å²) in [6, 6.07) is 9.07. The zero-order valence-electron chi connectivity index (χ0n) is 15.7. The molecule has 0 bridgehead atoms. The van der Waals surface area contributed by atoms with Gasteiger partial charge in [0.25, 0.3) is 5.56 Å². The fourth-order valence-corrected chi connectivity index (χ4v) is 3.47. The first-order valence-electron chi connectivity index (χ1n) is 9.12. The molecule has 1 aliphatic heterocycles. The molecule has 2 heterocycles. The van der Waals surface area contributed by atoms with E-state index in [-0.39, 0.29) is 11.5 Å². The number of aromatic nitrogens is 2. The first-order chi connectivity index (χ1) is 13.1. The predicted molar refractivity (Wildman–Crippen MR) is 101 cm³/mol. The first-order valence-corrected chi connectivity index (χ1v) is 9.12. The number of aryl methyl sites for hydroxylation is 1. The summed E-state index contributed by atoms with van der Waals surface area (Å²) in [6.07, 6.45) is 2.84. The number of nitrogens with zero attached hydrogens (tertiary/aromatic N) is 2. The van der Waals surface area contributed by atoms with Crippen LogP contribution in [0.2, 0.25) is 0 Å². The number of H-pyrrole nitrogens is 1. The van der Waals surface area contributed by atoms with Crippen molar-refractivity contribution in [1.29, 1.82) is 0 Å². The summed E-state index contributed by atoms with van der Waals surface area (Å²) in [7, 11) is 3.26. The largest absolute Gasteiger partial charge is 0.493 e. The van der Waals surface area contributed by atoms with Gasteiger partial charge in [-0.1, -0.05) is 6.07 Å². The molecule has 0 radical (unpaired) electrons. The van der Waals surface area contributed by atoms with Crippen molar-refractivity contribution >= 4 is 5.91 Å². The number of carbonyl (C=O) groups excluding carboxylic acids is 1. The van der Waals surface area contributed by atoms with Crippen molar-refractivity contribution in [2.75, 3.05) is 27.3 Å². The summed E-state index contributed by atoms with van der Waals surface area (Å²) in [6.45, 7) is 1.56. The van der Waals surface area contributed by atoms with Gasteiger partial charge < -0.3 is 14.4 Å². The highest BCUT2D eigenvalue weighted by Crippen LogP contribution is 2.30. The highest BCUT2D eigenvalue weighted by molar-refractivity contribution is 5.76. The molecule has 2 aromatic rings. The summed E-state index contributed by atoms with van der Waals surface area (Å²) in [5.41, 5.74) is 1.68. The van der Waals surface area contributed by atoms with Crippen LogP contribution in [0.5, 0.6) is 11.5 Å². The van der Waals surface area contributed by atoms with E-state index in [4.69, 9.17) is 9.47 Å². The van der Waals surface area contributed by atoms with Gasteiger partial charge in [-0.2, -0.15) is 5.10 Å². The number of hydrogen-bond acceptors (Lipinski definition) is 5. The lowest BCUT2D eigenvalue weighted by molar-refractivity contribution is -0.130. The van der Waals surface area contributed by atoms with E-state index in [0.29, 0.717) is 18.8 Å². The van der Waals surface area contributed by atoms with Gasteiger partial charge in [-0.05, 0) is 42.5 Å². The molecule has 1 aromatic heterocycles. The monoisotopic (exact) mass is 371 g/mol. The summed E-state index contributed by atoms with van der Waals surface area (Å²) in [5, 5.41) is 6.34. The van der Waals surface area contributed by atoms with Gasteiger partial charge >= 0.3 is 0 Å². The van der Waals surface area contributed by atoms with Crippen molar-refractivity contribution in [2.45, 2.75) is 25.7 Å². The number of hydrogen-bond donors (Lipinski definition) is 1. The summed E-state index contributed by atoms with van der Waals surface area (Å²) in [5.74, 6) is 2.03. The summed E-state index contributed by atoms with van der Waals surface area (Å²) < 4.78 is 10.6. The number of rotatable bonds is 7. The lowest BCUT2D eigenvalue weighted by atomic mass is 9.98. The molecule has 144 valence electrons. The van der Waals surface area contributed by atoms with Gasteiger partial charge in [-0.15, -0.1) is 0 Å². The first kappa shape index (κ1) is 18.9. The molecule has 1 saturated heterocycles. The Labute approximate surface area is 158 Å². The smallest absolute Gasteiger partial charge is 0.264 e. The fourth-order valence-electron chi connectivity index (χ4n) is 3.47. The molecule has 1 aromatic carbocycles.